The van der Waals surface area contributed by atoms with Crippen LogP contribution in [0.3, 0.4) is 0 Å². The van der Waals surface area contributed by atoms with E-state index in [2.05, 4.69) is 29.1 Å². The van der Waals surface area contributed by atoms with Gasteiger partial charge in [0.05, 0.1) is 6.20 Å². The first kappa shape index (κ1) is 13.6. The quantitative estimate of drug-likeness (QED) is 0.789. The number of carbonyl (C=O) groups is 1. The number of nitrogens with zero attached hydrogens (tertiary/aromatic N) is 2. The van der Waals surface area contributed by atoms with Gasteiger partial charge in [-0.05, 0) is 12.3 Å². The van der Waals surface area contributed by atoms with Gasteiger partial charge in [-0.3, -0.25) is 9.78 Å². The third kappa shape index (κ3) is 4.93. The molecule has 17 heavy (non-hydrogen) atoms. The van der Waals surface area contributed by atoms with Crippen molar-refractivity contribution < 1.29 is 4.79 Å². The van der Waals surface area contributed by atoms with E-state index in [9.17, 15) is 4.79 Å². The van der Waals surface area contributed by atoms with Gasteiger partial charge in [0.2, 0.25) is 0 Å². The Morgan fingerprint density at radius 3 is 2.82 bits per heavy atom. The van der Waals surface area contributed by atoms with Gasteiger partial charge in [0, 0.05) is 18.9 Å². The molecular formula is C13H21N3O. The van der Waals surface area contributed by atoms with Crippen molar-refractivity contribution in [1.29, 1.82) is 0 Å². The molecule has 0 fully saturated rings. The number of aromatic nitrogens is 2. The zero-order valence-electron chi connectivity index (χ0n) is 10.6. The maximum atomic E-state index is 11.7. The molecule has 1 rings (SSSR count). The summed E-state index contributed by atoms with van der Waals surface area (Å²) in [7, 11) is 0. The lowest BCUT2D eigenvalue weighted by Gasteiger charge is -2.14. The molecule has 1 aromatic heterocycles. The van der Waals surface area contributed by atoms with Crippen LogP contribution in [0.25, 0.3) is 0 Å². The molecule has 1 amide bonds. The van der Waals surface area contributed by atoms with Crippen molar-refractivity contribution in [3.05, 3.63) is 24.3 Å². The number of hydrogen-bond donors (Lipinski definition) is 1. The minimum atomic E-state index is -0.131. The molecule has 94 valence electrons. The number of rotatable bonds is 7. The molecule has 1 atom stereocenters. The number of hydrogen-bond acceptors (Lipinski definition) is 3. The van der Waals surface area contributed by atoms with Gasteiger partial charge in [-0.15, -0.1) is 0 Å². The average molecular weight is 235 g/mol. The van der Waals surface area contributed by atoms with E-state index in [1.54, 1.807) is 6.20 Å². The molecule has 0 aliphatic carbocycles. The summed E-state index contributed by atoms with van der Waals surface area (Å²) in [5.74, 6) is 0.434. The standard InChI is InChI=1S/C13H21N3O/c1-3-5-6-11(4-2)9-16-13(17)12-10-14-7-8-15-12/h7-8,10-11H,3-6,9H2,1-2H3,(H,16,17). The first-order valence-corrected chi connectivity index (χ1v) is 6.32. The highest BCUT2D eigenvalue weighted by Gasteiger charge is 2.10. The minimum absolute atomic E-state index is 0.131. The summed E-state index contributed by atoms with van der Waals surface area (Å²) < 4.78 is 0. The molecule has 0 spiro atoms. The fourth-order valence-corrected chi connectivity index (χ4v) is 1.69. The van der Waals surface area contributed by atoms with E-state index in [1.807, 2.05) is 0 Å². The Bertz CT molecular complexity index is 327. The van der Waals surface area contributed by atoms with Crippen LogP contribution in [0, 0.1) is 5.92 Å². The average Bonchev–Trinajstić information content (AvgIpc) is 2.39. The van der Waals surface area contributed by atoms with Crippen LogP contribution in [0.5, 0.6) is 0 Å². The molecular weight excluding hydrogens is 214 g/mol. The van der Waals surface area contributed by atoms with E-state index in [0.717, 1.165) is 13.0 Å². The largest absolute Gasteiger partial charge is 0.350 e. The summed E-state index contributed by atoms with van der Waals surface area (Å²) >= 11 is 0. The lowest BCUT2D eigenvalue weighted by atomic mass is 9.99. The lowest BCUT2D eigenvalue weighted by Crippen LogP contribution is -2.29. The molecule has 1 N–H and O–H groups in total. The van der Waals surface area contributed by atoms with E-state index < -0.39 is 0 Å². The summed E-state index contributed by atoms with van der Waals surface area (Å²) in [5, 5.41) is 2.92. The van der Waals surface area contributed by atoms with Crippen molar-refractivity contribution in [1.82, 2.24) is 15.3 Å². The molecule has 4 nitrogen and oxygen atoms in total. The van der Waals surface area contributed by atoms with Crippen LogP contribution in [0.15, 0.2) is 18.6 Å². The molecule has 1 aromatic rings. The molecule has 0 aliphatic heterocycles. The van der Waals surface area contributed by atoms with Crippen molar-refractivity contribution in [2.45, 2.75) is 39.5 Å². The second-order valence-corrected chi connectivity index (χ2v) is 4.22. The predicted octanol–water partition coefficient (Wildman–Crippen LogP) is 2.42. The topological polar surface area (TPSA) is 54.9 Å². The zero-order chi connectivity index (χ0) is 12.5. The van der Waals surface area contributed by atoms with Crippen molar-refractivity contribution in [3.63, 3.8) is 0 Å². The third-order valence-electron chi connectivity index (χ3n) is 2.89. The highest BCUT2D eigenvalue weighted by molar-refractivity contribution is 5.91. The van der Waals surface area contributed by atoms with E-state index >= 15 is 0 Å². The van der Waals surface area contributed by atoms with Crippen LogP contribution in [0.2, 0.25) is 0 Å². The highest BCUT2D eigenvalue weighted by Crippen LogP contribution is 2.11. The van der Waals surface area contributed by atoms with E-state index in [-0.39, 0.29) is 5.91 Å². The Hall–Kier alpha value is -1.45. The first-order chi connectivity index (χ1) is 8.27. The van der Waals surface area contributed by atoms with Gasteiger partial charge < -0.3 is 5.32 Å². The molecule has 0 bridgehead atoms. The molecule has 0 aromatic carbocycles. The van der Waals surface area contributed by atoms with Crippen molar-refractivity contribution in [3.8, 4) is 0 Å². The Morgan fingerprint density at radius 2 is 2.24 bits per heavy atom. The molecule has 0 aliphatic rings. The maximum absolute atomic E-state index is 11.7. The molecule has 0 saturated heterocycles. The smallest absolute Gasteiger partial charge is 0.271 e. The Balaban J connectivity index is 2.36. The molecule has 1 heterocycles. The van der Waals surface area contributed by atoms with Gasteiger partial charge >= 0.3 is 0 Å². The first-order valence-electron chi connectivity index (χ1n) is 6.32. The molecule has 0 radical (unpaired) electrons. The normalized spacial score (nSPS) is 12.1. The summed E-state index contributed by atoms with van der Waals surface area (Å²) in [5.41, 5.74) is 0.387. The van der Waals surface area contributed by atoms with Gasteiger partial charge in [0.25, 0.3) is 5.91 Å². The van der Waals surface area contributed by atoms with Crippen LogP contribution >= 0.6 is 0 Å². The fourth-order valence-electron chi connectivity index (χ4n) is 1.69. The van der Waals surface area contributed by atoms with Gasteiger partial charge in [-0.25, -0.2) is 4.98 Å². The highest BCUT2D eigenvalue weighted by atomic mass is 16.1. The monoisotopic (exact) mass is 235 g/mol. The zero-order valence-corrected chi connectivity index (χ0v) is 10.6. The van der Waals surface area contributed by atoms with Crippen LogP contribution in [-0.2, 0) is 0 Å². The van der Waals surface area contributed by atoms with Crippen molar-refractivity contribution in [2.24, 2.45) is 5.92 Å². The maximum Gasteiger partial charge on any atom is 0.271 e. The van der Waals surface area contributed by atoms with E-state index in [4.69, 9.17) is 0 Å². The van der Waals surface area contributed by atoms with Crippen molar-refractivity contribution >= 4 is 5.91 Å². The number of unbranched alkanes of at least 4 members (excludes halogenated alkanes) is 1. The second-order valence-electron chi connectivity index (χ2n) is 4.22. The predicted molar refractivity (Wildman–Crippen MR) is 67.7 cm³/mol. The summed E-state index contributed by atoms with van der Waals surface area (Å²) in [4.78, 5) is 19.6. The Labute approximate surface area is 103 Å². The van der Waals surface area contributed by atoms with Crippen LogP contribution in [0.1, 0.15) is 50.0 Å². The van der Waals surface area contributed by atoms with Crippen LogP contribution in [-0.4, -0.2) is 22.4 Å². The third-order valence-corrected chi connectivity index (χ3v) is 2.89. The van der Waals surface area contributed by atoms with Crippen molar-refractivity contribution in [2.75, 3.05) is 6.54 Å². The van der Waals surface area contributed by atoms with Gasteiger partial charge in [0.1, 0.15) is 5.69 Å². The number of amides is 1. The van der Waals surface area contributed by atoms with Gasteiger partial charge in [0.15, 0.2) is 0 Å². The van der Waals surface area contributed by atoms with E-state index in [1.165, 1.54) is 31.7 Å². The van der Waals surface area contributed by atoms with Crippen LogP contribution < -0.4 is 5.32 Å². The summed E-state index contributed by atoms with van der Waals surface area (Å²) in [6.45, 7) is 5.07. The SMILES string of the molecule is CCCCC(CC)CNC(=O)c1cnccn1. The summed E-state index contributed by atoms with van der Waals surface area (Å²) in [6.07, 6.45) is 9.28. The van der Waals surface area contributed by atoms with Gasteiger partial charge in [-0.1, -0.05) is 33.1 Å². The Kier molecular flexibility index (Phi) is 6.22. The Morgan fingerprint density at radius 1 is 1.41 bits per heavy atom. The number of carbonyl (C=O) groups excluding carboxylic acids is 1. The molecule has 4 heteroatoms. The summed E-state index contributed by atoms with van der Waals surface area (Å²) in [6, 6.07) is 0. The fraction of sp³-hybridized carbons (Fsp3) is 0.615. The van der Waals surface area contributed by atoms with Gasteiger partial charge in [-0.2, -0.15) is 0 Å². The molecule has 1 unspecified atom stereocenters. The van der Waals surface area contributed by atoms with Crippen LogP contribution in [0.4, 0.5) is 0 Å². The van der Waals surface area contributed by atoms with E-state index in [0.29, 0.717) is 11.6 Å². The lowest BCUT2D eigenvalue weighted by molar-refractivity contribution is 0.0940. The molecule has 0 saturated carbocycles. The minimum Gasteiger partial charge on any atom is -0.350 e. The second kappa shape index (κ2) is 7.76. The number of nitrogens with one attached hydrogen (secondary N) is 1.